The Morgan fingerprint density at radius 1 is 1.26 bits per heavy atom. The number of nitrogens with two attached hydrogens (primary N) is 1. The van der Waals surface area contributed by atoms with Gasteiger partial charge < -0.3 is 15.8 Å². The normalized spacial score (nSPS) is 14.0. The highest BCUT2D eigenvalue weighted by Crippen LogP contribution is 2.17. The number of amides is 1. The maximum atomic E-state index is 11.9. The molecule has 0 fully saturated rings. The van der Waals surface area contributed by atoms with Gasteiger partial charge in [0.15, 0.2) is 0 Å². The van der Waals surface area contributed by atoms with E-state index in [2.05, 4.69) is 19.2 Å². The molecule has 2 atom stereocenters. The molecule has 0 aromatic heterocycles. The van der Waals surface area contributed by atoms with Gasteiger partial charge in [-0.2, -0.15) is 0 Å². The van der Waals surface area contributed by atoms with Gasteiger partial charge in [0.25, 0.3) is 0 Å². The third-order valence-electron chi connectivity index (χ3n) is 3.04. The second-order valence-corrected chi connectivity index (χ2v) is 5.24. The van der Waals surface area contributed by atoms with Gasteiger partial charge in [-0.05, 0) is 37.0 Å². The van der Waals surface area contributed by atoms with Crippen molar-refractivity contribution in [3.05, 3.63) is 29.8 Å². The van der Waals surface area contributed by atoms with E-state index in [1.165, 1.54) is 0 Å². The van der Waals surface area contributed by atoms with Gasteiger partial charge in [-0.15, -0.1) is 0 Å². The zero-order valence-corrected chi connectivity index (χ0v) is 12.1. The lowest BCUT2D eigenvalue weighted by atomic mass is 10.0. The fraction of sp³-hybridized carbons (Fsp3) is 0.533. The summed E-state index contributed by atoms with van der Waals surface area (Å²) in [5.41, 5.74) is 6.89. The summed E-state index contributed by atoms with van der Waals surface area (Å²) in [5.74, 6) is 1.12. The second-order valence-electron chi connectivity index (χ2n) is 5.24. The summed E-state index contributed by atoms with van der Waals surface area (Å²) in [6.07, 6.45) is 0.696. The smallest absolute Gasteiger partial charge is 0.237 e. The quantitative estimate of drug-likeness (QED) is 0.828. The van der Waals surface area contributed by atoms with E-state index in [0.717, 1.165) is 11.3 Å². The van der Waals surface area contributed by atoms with Gasteiger partial charge in [0.05, 0.1) is 19.2 Å². The van der Waals surface area contributed by atoms with Gasteiger partial charge in [-0.1, -0.05) is 26.0 Å². The van der Waals surface area contributed by atoms with Crippen LogP contribution in [0.3, 0.4) is 0 Å². The van der Waals surface area contributed by atoms with E-state index >= 15 is 0 Å². The van der Waals surface area contributed by atoms with E-state index in [9.17, 15) is 4.79 Å². The van der Waals surface area contributed by atoms with Crippen LogP contribution in [0.5, 0.6) is 5.75 Å². The molecule has 4 heteroatoms. The van der Waals surface area contributed by atoms with Gasteiger partial charge in [0.2, 0.25) is 5.91 Å². The Labute approximate surface area is 115 Å². The highest BCUT2D eigenvalue weighted by molar-refractivity contribution is 5.81. The van der Waals surface area contributed by atoms with Crippen LogP contribution in [0.1, 0.15) is 38.8 Å². The summed E-state index contributed by atoms with van der Waals surface area (Å²) in [6.45, 7) is 6.06. The minimum absolute atomic E-state index is 0.0587. The maximum absolute atomic E-state index is 11.9. The lowest BCUT2D eigenvalue weighted by molar-refractivity contribution is -0.123. The Kier molecular flexibility index (Phi) is 5.83. The zero-order chi connectivity index (χ0) is 14.4. The number of benzene rings is 1. The second kappa shape index (κ2) is 7.14. The number of ether oxygens (including phenoxy) is 1. The summed E-state index contributed by atoms with van der Waals surface area (Å²) in [6, 6.07) is 7.14. The van der Waals surface area contributed by atoms with E-state index in [4.69, 9.17) is 10.5 Å². The van der Waals surface area contributed by atoms with Crippen molar-refractivity contribution < 1.29 is 9.53 Å². The molecule has 106 valence electrons. The lowest BCUT2D eigenvalue weighted by Gasteiger charge is -2.19. The van der Waals surface area contributed by atoms with Crippen LogP contribution in [0.2, 0.25) is 0 Å². The highest BCUT2D eigenvalue weighted by Gasteiger charge is 2.17. The minimum atomic E-state index is -0.444. The SMILES string of the molecule is COc1ccc([C@H](C)NC(=O)C(N)CC(C)C)cc1. The summed E-state index contributed by atoms with van der Waals surface area (Å²) >= 11 is 0. The van der Waals surface area contributed by atoms with Crippen LogP contribution in [-0.2, 0) is 4.79 Å². The van der Waals surface area contributed by atoms with E-state index in [-0.39, 0.29) is 11.9 Å². The first-order valence-electron chi connectivity index (χ1n) is 6.64. The van der Waals surface area contributed by atoms with Crippen molar-refractivity contribution in [2.24, 2.45) is 11.7 Å². The molecule has 0 radical (unpaired) electrons. The molecule has 1 rings (SSSR count). The standard InChI is InChI=1S/C15H24N2O2/c1-10(2)9-14(16)15(18)17-11(3)12-5-7-13(19-4)8-6-12/h5-8,10-11,14H,9,16H2,1-4H3,(H,17,18)/t11-,14?/m0/s1. The van der Waals surface area contributed by atoms with Gasteiger partial charge in [0, 0.05) is 0 Å². The first-order chi connectivity index (χ1) is 8.93. The number of nitrogens with one attached hydrogen (secondary N) is 1. The average Bonchev–Trinajstić information content (AvgIpc) is 2.37. The van der Waals surface area contributed by atoms with Gasteiger partial charge in [-0.3, -0.25) is 4.79 Å². The molecular formula is C15H24N2O2. The zero-order valence-electron chi connectivity index (χ0n) is 12.1. The van der Waals surface area contributed by atoms with Crippen LogP contribution >= 0.6 is 0 Å². The largest absolute Gasteiger partial charge is 0.497 e. The predicted octanol–water partition coefficient (Wildman–Crippen LogP) is 2.25. The molecule has 19 heavy (non-hydrogen) atoms. The Balaban J connectivity index is 2.57. The topological polar surface area (TPSA) is 64.3 Å². The minimum Gasteiger partial charge on any atom is -0.497 e. The van der Waals surface area contributed by atoms with Crippen LogP contribution in [0.4, 0.5) is 0 Å². The lowest BCUT2D eigenvalue weighted by Crippen LogP contribution is -2.42. The molecule has 0 heterocycles. The molecule has 4 nitrogen and oxygen atoms in total. The van der Waals surface area contributed by atoms with E-state index in [0.29, 0.717) is 12.3 Å². The molecular weight excluding hydrogens is 240 g/mol. The Morgan fingerprint density at radius 3 is 2.32 bits per heavy atom. The molecule has 1 amide bonds. The predicted molar refractivity (Wildman–Crippen MR) is 77.0 cm³/mol. The molecule has 1 aromatic carbocycles. The van der Waals surface area contributed by atoms with E-state index in [1.54, 1.807) is 7.11 Å². The number of rotatable bonds is 6. The Morgan fingerprint density at radius 2 is 1.84 bits per heavy atom. The highest BCUT2D eigenvalue weighted by atomic mass is 16.5. The van der Waals surface area contributed by atoms with Crippen molar-refractivity contribution in [1.82, 2.24) is 5.32 Å². The molecule has 1 unspecified atom stereocenters. The number of methoxy groups -OCH3 is 1. The molecule has 1 aromatic rings. The van der Waals surface area contributed by atoms with E-state index in [1.807, 2.05) is 31.2 Å². The van der Waals surface area contributed by atoms with Crippen molar-refractivity contribution in [2.75, 3.05) is 7.11 Å². The number of hydrogen-bond donors (Lipinski definition) is 2. The van der Waals surface area contributed by atoms with Gasteiger partial charge in [0.1, 0.15) is 5.75 Å². The number of hydrogen-bond acceptors (Lipinski definition) is 3. The first kappa shape index (κ1) is 15.5. The van der Waals surface area contributed by atoms with Crippen molar-refractivity contribution >= 4 is 5.91 Å². The Hall–Kier alpha value is -1.55. The summed E-state index contributed by atoms with van der Waals surface area (Å²) in [7, 11) is 1.63. The molecule has 0 aliphatic carbocycles. The third kappa shape index (κ3) is 4.91. The van der Waals surface area contributed by atoms with Crippen LogP contribution in [0.15, 0.2) is 24.3 Å². The Bertz CT molecular complexity index is 401. The molecule has 0 spiro atoms. The molecule has 0 saturated heterocycles. The van der Waals surface area contributed by atoms with Crippen LogP contribution in [-0.4, -0.2) is 19.1 Å². The fourth-order valence-electron chi connectivity index (χ4n) is 1.91. The molecule has 0 aliphatic rings. The van der Waals surface area contributed by atoms with Gasteiger partial charge in [-0.25, -0.2) is 0 Å². The van der Waals surface area contributed by atoms with Crippen molar-refractivity contribution in [3.63, 3.8) is 0 Å². The average molecular weight is 264 g/mol. The third-order valence-corrected chi connectivity index (χ3v) is 3.04. The summed E-state index contributed by atoms with van der Waals surface area (Å²) in [5, 5.41) is 2.93. The summed E-state index contributed by atoms with van der Waals surface area (Å²) in [4.78, 5) is 11.9. The first-order valence-corrected chi connectivity index (χ1v) is 6.64. The molecule has 0 saturated carbocycles. The van der Waals surface area contributed by atoms with Crippen molar-refractivity contribution in [1.29, 1.82) is 0 Å². The summed E-state index contributed by atoms with van der Waals surface area (Å²) < 4.78 is 5.10. The molecule has 0 bridgehead atoms. The van der Waals surface area contributed by atoms with Crippen LogP contribution < -0.4 is 15.8 Å². The number of carbonyl (C=O) groups is 1. The van der Waals surface area contributed by atoms with Gasteiger partial charge >= 0.3 is 0 Å². The molecule has 3 N–H and O–H groups in total. The van der Waals surface area contributed by atoms with Crippen LogP contribution in [0.25, 0.3) is 0 Å². The monoisotopic (exact) mass is 264 g/mol. The van der Waals surface area contributed by atoms with Crippen LogP contribution in [0, 0.1) is 5.92 Å². The molecule has 0 aliphatic heterocycles. The van der Waals surface area contributed by atoms with Crippen molar-refractivity contribution in [3.8, 4) is 5.75 Å². The van der Waals surface area contributed by atoms with E-state index < -0.39 is 6.04 Å². The maximum Gasteiger partial charge on any atom is 0.237 e. The van der Waals surface area contributed by atoms with Crippen molar-refractivity contribution in [2.45, 2.75) is 39.3 Å². The number of carbonyl (C=O) groups excluding carboxylic acids is 1. The fourth-order valence-corrected chi connectivity index (χ4v) is 1.91.